The van der Waals surface area contributed by atoms with Crippen LogP contribution in [0, 0.1) is 0 Å². The molecule has 0 aliphatic heterocycles. The number of nitrogen functional groups attached to an aromatic ring is 1. The average molecular weight is 205 g/mol. The van der Waals surface area contributed by atoms with Crippen LogP contribution in [0.3, 0.4) is 0 Å². The topological polar surface area (TPSA) is 51.8 Å². The van der Waals surface area contributed by atoms with Gasteiger partial charge in [-0.1, -0.05) is 13.3 Å². The molecule has 0 unspecified atom stereocenters. The standard InChI is InChI=1S/C8H10F3N3/c1-2-3-5-4-13-7(12)6(14-5)8(9,10)11/h4H,2-3H2,1H3,(H2,12,13). The first-order chi connectivity index (χ1) is 6.45. The van der Waals surface area contributed by atoms with Crippen molar-refractivity contribution in [3.8, 4) is 0 Å². The van der Waals surface area contributed by atoms with E-state index in [4.69, 9.17) is 5.73 Å². The molecule has 0 saturated heterocycles. The number of aromatic nitrogens is 2. The van der Waals surface area contributed by atoms with Crippen molar-refractivity contribution in [2.75, 3.05) is 5.73 Å². The fourth-order valence-corrected chi connectivity index (χ4v) is 1.02. The van der Waals surface area contributed by atoms with Gasteiger partial charge < -0.3 is 5.73 Å². The molecule has 3 nitrogen and oxygen atoms in total. The molecular weight excluding hydrogens is 195 g/mol. The molecule has 1 aromatic rings. The molecule has 0 aromatic carbocycles. The van der Waals surface area contributed by atoms with E-state index in [-0.39, 0.29) is 0 Å². The third-order valence-electron chi connectivity index (χ3n) is 1.63. The van der Waals surface area contributed by atoms with E-state index in [2.05, 4.69) is 9.97 Å². The first-order valence-electron chi connectivity index (χ1n) is 4.13. The van der Waals surface area contributed by atoms with Crippen molar-refractivity contribution in [3.05, 3.63) is 17.6 Å². The van der Waals surface area contributed by atoms with Gasteiger partial charge in [0.2, 0.25) is 0 Å². The lowest BCUT2D eigenvalue weighted by Crippen LogP contribution is -2.14. The molecule has 2 N–H and O–H groups in total. The van der Waals surface area contributed by atoms with Gasteiger partial charge >= 0.3 is 6.18 Å². The van der Waals surface area contributed by atoms with Crippen molar-refractivity contribution < 1.29 is 13.2 Å². The van der Waals surface area contributed by atoms with Gasteiger partial charge in [0.1, 0.15) is 0 Å². The number of anilines is 1. The predicted molar refractivity (Wildman–Crippen MR) is 45.4 cm³/mol. The molecular formula is C8H10F3N3. The number of nitrogens with zero attached hydrogens (tertiary/aromatic N) is 2. The number of hydrogen-bond acceptors (Lipinski definition) is 3. The van der Waals surface area contributed by atoms with Crippen LogP contribution in [0.5, 0.6) is 0 Å². The molecule has 0 bridgehead atoms. The fourth-order valence-electron chi connectivity index (χ4n) is 1.02. The molecule has 0 radical (unpaired) electrons. The summed E-state index contributed by atoms with van der Waals surface area (Å²) >= 11 is 0. The zero-order valence-electron chi connectivity index (χ0n) is 7.60. The number of rotatable bonds is 2. The van der Waals surface area contributed by atoms with E-state index in [9.17, 15) is 13.2 Å². The van der Waals surface area contributed by atoms with E-state index in [0.717, 1.165) is 6.42 Å². The maximum atomic E-state index is 12.3. The molecule has 0 aliphatic rings. The van der Waals surface area contributed by atoms with E-state index < -0.39 is 17.7 Å². The highest BCUT2D eigenvalue weighted by molar-refractivity contribution is 5.36. The van der Waals surface area contributed by atoms with Crippen molar-refractivity contribution in [2.45, 2.75) is 25.9 Å². The summed E-state index contributed by atoms with van der Waals surface area (Å²) in [5.41, 5.74) is 4.30. The second-order valence-corrected chi connectivity index (χ2v) is 2.84. The van der Waals surface area contributed by atoms with Crippen LogP contribution >= 0.6 is 0 Å². The Bertz CT molecular complexity index is 322. The molecule has 6 heteroatoms. The van der Waals surface area contributed by atoms with E-state index in [1.54, 1.807) is 0 Å². The summed E-state index contributed by atoms with van der Waals surface area (Å²) in [6.45, 7) is 1.85. The number of halogens is 3. The Morgan fingerprint density at radius 2 is 2.07 bits per heavy atom. The number of nitrogens with two attached hydrogens (primary N) is 1. The molecule has 78 valence electrons. The minimum atomic E-state index is -4.53. The molecule has 0 aliphatic carbocycles. The Balaban J connectivity index is 3.09. The van der Waals surface area contributed by atoms with Crippen molar-refractivity contribution in [1.82, 2.24) is 9.97 Å². The molecule has 1 heterocycles. The molecule has 0 fully saturated rings. The van der Waals surface area contributed by atoms with Gasteiger partial charge in [-0.05, 0) is 6.42 Å². The van der Waals surface area contributed by atoms with Crippen LogP contribution in [0.15, 0.2) is 6.20 Å². The first kappa shape index (κ1) is 10.7. The summed E-state index contributed by atoms with van der Waals surface area (Å²) in [6.07, 6.45) is -2.07. The van der Waals surface area contributed by atoms with Gasteiger partial charge in [-0.2, -0.15) is 13.2 Å². The van der Waals surface area contributed by atoms with Gasteiger partial charge in [0, 0.05) is 0 Å². The largest absolute Gasteiger partial charge is 0.437 e. The Kier molecular flexibility index (Phi) is 2.93. The van der Waals surface area contributed by atoms with E-state index in [1.165, 1.54) is 6.20 Å². The fraction of sp³-hybridized carbons (Fsp3) is 0.500. The van der Waals surface area contributed by atoms with Crippen LogP contribution in [-0.4, -0.2) is 9.97 Å². The molecule has 0 spiro atoms. The zero-order chi connectivity index (χ0) is 10.8. The molecule has 1 rings (SSSR count). The highest BCUT2D eigenvalue weighted by Gasteiger charge is 2.35. The summed E-state index contributed by atoms with van der Waals surface area (Å²) in [5.74, 6) is -0.572. The maximum absolute atomic E-state index is 12.3. The van der Waals surface area contributed by atoms with Gasteiger partial charge in [0.25, 0.3) is 0 Å². The van der Waals surface area contributed by atoms with Crippen molar-refractivity contribution in [2.24, 2.45) is 0 Å². The van der Waals surface area contributed by atoms with Gasteiger partial charge in [0.15, 0.2) is 11.5 Å². The quantitative estimate of drug-likeness (QED) is 0.803. The van der Waals surface area contributed by atoms with Crippen molar-refractivity contribution >= 4 is 5.82 Å². The Morgan fingerprint density at radius 3 is 2.57 bits per heavy atom. The van der Waals surface area contributed by atoms with Crippen LogP contribution in [0.4, 0.5) is 19.0 Å². The third-order valence-corrected chi connectivity index (χ3v) is 1.63. The summed E-state index contributed by atoms with van der Waals surface area (Å²) in [6, 6.07) is 0. The number of hydrogen-bond donors (Lipinski definition) is 1. The van der Waals surface area contributed by atoms with Crippen LogP contribution in [0.1, 0.15) is 24.7 Å². The minimum absolute atomic E-state index is 0.314. The van der Waals surface area contributed by atoms with E-state index in [1.807, 2.05) is 6.92 Å². The highest BCUT2D eigenvalue weighted by Crippen LogP contribution is 2.30. The smallest absolute Gasteiger partial charge is 0.382 e. The molecule has 0 amide bonds. The van der Waals surface area contributed by atoms with E-state index in [0.29, 0.717) is 12.1 Å². The summed E-state index contributed by atoms with van der Waals surface area (Å²) in [7, 11) is 0. The predicted octanol–water partition coefficient (Wildman–Crippen LogP) is 2.03. The Labute approximate surface area is 79.2 Å². The van der Waals surface area contributed by atoms with Crippen LogP contribution in [0.2, 0.25) is 0 Å². The normalized spacial score (nSPS) is 11.7. The summed E-state index contributed by atoms with van der Waals surface area (Å²) < 4.78 is 36.9. The zero-order valence-corrected chi connectivity index (χ0v) is 7.60. The van der Waals surface area contributed by atoms with Gasteiger partial charge in [-0.3, -0.25) is 0 Å². The second kappa shape index (κ2) is 3.81. The maximum Gasteiger partial charge on any atom is 0.437 e. The van der Waals surface area contributed by atoms with Crippen LogP contribution in [0.25, 0.3) is 0 Å². The highest BCUT2D eigenvalue weighted by atomic mass is 19.4. The SMILES string of the molecule is CCCc1cnc(N)c(C(F)(F)F)n1. The van der Waals surface area contributed by atoms with Gasteiger partial charge in [0.05, 0.1) is 11.9 Å². The van der Waals surface area contributed by atoms with Gasteiger partial charge in [-0.15, -0.1) is 0 Å². The molecule has 1 aromatic heterocycles. The summed E-state index contributed by atoms with van der Waals surface area (Å²) in [5, 5.41) is 0. The Morgan fingerprint density at radius 1 is 1.43 bits per heavy atom. The second-order valence-electron chi connectivity index (χ2n) is 2.84. The van der Waals surface area contributed by atoms with E-state index >= 15 is 0 Å². The number of alkyl halides is 3. The van der Waals surface area contributed by atoms with Crippen molar-refractivity contribution in [1.29, 1.82) is 0 Å². The lowest BCUT2D eigenvalue weighted by Gasteiger charge is -2.08. The lowest BCUT2D eigenvalue weighted by molar-refractivity contribution is -0.140. The Hall–Kier alpha value is -1.33. The summed E-state index contributed by atoms with van der Waals surface area (Å²) in [4.78, 5) is 6.88. The lowest BCUT2D eigenvalue weighted by atomic mass is 10.2. The molecule has 0 atom stereocenters. The van der Waals surface area contributed by atoms with Crippen LogP contribution in [-0.2, 0) is 12.6 Å². The molecule has 0 saturated carbocycles. The molecule has 14 heavy (non-hydrogen) atoms. The van der Waals surface area contributed by atoms with Gasteiger partial charge in [-0.25, -0.2) is 9.97 Å². The first-order valence-corrected chi connectivity index (χ1v) is 4.13. The minimum Gasteiger partial charge on any atom is -0.382 e. The third kappa shape index (κ3) is 2.34. The van der Waals surface area contributed by atoms with Crippen LogP contribution < -0.4 is 5.73 Å². The van der Waals surface area contributed by atoms with Crippen molar-refractivity contribution in [3.63, 3.8) is 0 Å². The average Bonchev–Trinajstić information content (AvgIpc) is 2.07. The monoisotopic (exact) mass is 205 g/mol. The number of aryl methyl sites for hydroxylation is 1.